The van der Waals surface area contributed by atoms with E-state index in [4.69, 9.17) is 10.5 Å². The van der Waals surface area contributed by atoms with Crippen LogP contribution in [0, 0.1) is 0 Å². The molecule has 20 heavy (non-hydrogen) atoms. The van der Waals surface area contributed by atoms with Crippen LogP contribution in [0.5, 0.6) is 5.75 Å². The van der Waals surface area contributed by atoms with Crippen molar-refractivity contribution < 1.29 is 4.74 Å². The maximum atomic E-state index is 5.72. The first-order chi connectivity index (χ1) is 9.81. The van der Waals surface area contributed by atoms with Gasteiger partial charge in [0.1, 0.15) is 18.2 Å². The summed E-state index contributed by atoms with van der Waals surface area (Å²) < 4.78 is 7.68. The van der Waals surface area contributed by atoms with Crippen LogP contribution >= 0.6 is 0 Å². The van der Waals surface area contributed by atoms with Crippen LogP contribution in [-0.4, -0.2) is 28.5 Å². The van der Waals surface area contributed by atoms with E-state index in [9.17, 15) is 0 Å². The first kappa shape index (κ1) is 12.5. The molecule has 1 aromatic carbocycles. The lowest BCUT2D eigenvalue weighted by Crippen LogP contribution is -2.26. The molecule has 1 aliphatic rings. The Bertz CT molecular complexity index is 606. The summed E-state index contributed by atoms with van der Waals surface area (Å²) in [6, 6.07) is 5.57. The molecule has 0 unspecified atom stereocenters. The van der Waals surface area contributed by atoms with Crippen LogP contribution in [0.25, 0.3) is 0 Å². The summed E-state index contributed by atoms with van der Waals surface area (Å²) in [5.74, 6) is 1.63. The summed E-state index contributed by atoms with van der Waals surface area (Å²) in [5.41, 5.74) is 7.33. The molecule has 2 aromatic rings. The van der Waals surface area contributed by atoms with Gasteiger partial charge in [-0.3, -0.25) is 4.99 Å². The molecule has 6 heteroatoms. The quantitative estimate of drug-likeness (QED) is 0.656. The monoisotopic (exact) mass is 271 g/mol. The molecule has 1 aromatic heterocycles. The number of aromatic nitrogens is 2. The Balaban J connectivity index is 1.54. The number of fused-ring (bicyclic) bond motifs is 1. The Morgan fingerprint density at radius 3 is 3.25 bits per heavy atom. The number of anilines is 2. The van der Waals surface area contributed by atoms with Gasteiger partial charge in [0.25, 0.3) is 0 Å². The predicted molar refractivity (Wildman–Crippen MR) is 79.1 cm³/mol. The maximum absolute atomic E-state index is 5.72. The molecular formula is C14H17N5O. The zero-order chi connectivity index (χ0) is 13.8. The lowest BCUT2D eigenvalue weighted by Gasteiger charge is -2.21. The van der Waals surface area contributed by atoms with Gasteiger partial charge in [0.2, 0.25) is 0 Å². The second-order valence-electron chi connectivity index (χ2n) is 4.65. The molecule has 104 valence electrons. The summed E-state index contributed by atoms with van der Waals surface area (Å²) in [4.78, 5) is 8.53. The van der Waals surface area contributed by atoms with Crippen molar-refractivity contribution >= 4 is 17.2 Å². The van der Waals surface area contributed by atoms with Crippen LogP contribution in [0.15, 0.2) is 41.9 Å². The molecule has 2 heterocycles. The fourth-order valence-electron chi connectivity index (χ4n) is 2.07. The SMILES string of the molecule is Nc1ccc2c(c1)OCC(=NCCCn1ccnc1)N2. The zero-order valence-electron chi connectivity index (χ0n) is 11.1. The molecule has 0 aliphatic carbocycles. The number of ether oxygens (including phenoxy) is 1. The average molecular weight is 271 g/mol. The molecule has 0 bridgehead atoms. The highest BCUT2D eigenvalue weighted by molar-refractivity contribution is 5.99. The first-order valence-electron chi connectivity index (χ1n) is 6.60. The molecule has 0 fully saturated rings. The summed E-state index contributed by atoms with van der Waals surface area (Å²) in [6.07, 6.45) is 6.52. The van der Waals surface area contributed by atoms with Crippen LogP contribution in [0.1, 0.15) is 6.42 Å². The van der Waals surface area contributed by atoms with Crippen molar-refractivity contribution in [2.24, 2.45) is 4.99 Å². The van der Waals surface area contributed by atoms with Gasteiger partial charge in [-0.25, -0.2) is 4.98 Å². The maximum Gasteiger partial charge on any atom is 0.146 e. The number of nitrogens with two attached hydrogens (primary N) is 1. The Labute approximate surface area is 117 Å². The first-order valence-corrected chi connectivity index (χ1v) is 6.60. The number of hydrogen-bond donors (Lipinski definition) is 2. The molecule has 3 rings (SSSR count). The van der Waals surface area contributed by atoms with Crippen molar-refractivity contribution in [1.82, 2.24) is 9.55 Å². The van der Waals surface area contributed by atoms with E-state index in [1.165, 1.54) is 0 Å². The Morgan fingerprint density at radius 2 is 2.40 bits per heavy atom. The highest BCUT2D eigenvalue weighted by Crippen LogP contribution is 2.29. The molecule has 1 aliphatic heterocycles. The zero-order valence-corrected chi connectivity index (χ0v) is 11.1. The van der Waals surface area contributed by atoms with Crippen LogP contribution in [0.2, 0.25) is 0 Å². The van der Waals surface area contributed by atoms with Gasteiger partial charge < -0.3 is 20.4 Å². The molecule has 0 saturated carbocycles. The second kappa shape index (κ2) is 5.64. The van der Waals surface area contributed by atoms with Gasteiger partial charge in [0.15, 0.2) is 0 Å². The normalized spacial score (nSPS) is 15.5. The highest BCUT2D eigenvalue weighted by atomic mass is 16.5. The van der Waals surface area contributed by atoms with Crippen molar-refractivity contribution in [3.63, 3.8) is 0 Å². The number of aryl methyl sites for hydroxylation is 1. The van der Waals surface area contributed by atoms with E-state index in [1.807, 2.05) is 35.3 Å². The third kappa shape index (κ3) is 2.90. The Hall–Kier alpha value is -2.50. The fourth-order valence-corrected chi connectivity index (χ4v) is 2.07. The number of nitrogens with zero attached hydrogens (tertiary/aromatic N) is 3. The molecule has 3 N–H and O–H groups in total. The summed E-state index contributed by atoms with van der Waals surface area (Å²) in [7, 11) is 0. The number of amidine groups is 1. The number of nitrogen functional groups attached to an aromatic ring is 1. The standard InChI is InChI=1S/C14H17N5O/c15-11-2-3-12-13(8-11)20-9-14(18-12)17-4-1-6-19-7-5-16-10-19/h2-3,5,7-8,10H,1,4,6,9,15H2,(H,17,18). The minimum Gasteiger partial charge on any atom is -0.483 e. The van der Waals surface area contributed by atoms with Crippen molar-refractivity contribution in [2.75, 3.05) is 24.2 Å². The summed E-state index contributed by atoms with van der Waals surface area (Å²) in [5, 5.41) is 3.27. The topological polar surface area (TPSA) is 77.5 Å². The van der Waals surface area contributed by atoms with Gasteiger partial charge in [-0.1, -0.05) is 0 Å². The number of aliphatic imine (C=N–C) groups is 1. The van der Waals surface area contributed by atoms with Crippen LogP contribution in [0.3, 0.4) is 0 Å². The van der Waals surface area contributed by atoms with Crippen LogP contribution in [-0.2, 0) is 6.54 Å². The Morgan fingerprint density at radius 1 is 1.45 bits per heavy atom. The number of hydrogen-bond acceptors (Lipinski definition) is 4. The fraction of sp³-hybridized carbons (Fsp3) is 0.286. The molecule has 0 radical (unpaired) electrons. The third-order valence-corrected chi connectivity index (χ3v) is 3.09. The lowest BCUT2D eigenvalue weighted by molar-refractivity contribution is 0.372. The number of imidazole rings is 1. The average Bonchev–Trinajstić information content (AvgIpc) is 2.97. The number of benzene rings is 1. The van der Waals surface area contributed by atoms with E-state index < -0.39 is 0 Å². The molecule has 6 nitrogen and oxygen atoms in total. The van der Waals surface area contributed by atoms with Crippen molar-refractivity contribution in [1.29, 1.82) is 0 Å². The van der Waals surface area contributed by atoms with Crippen LogP contribution in [0.4, 0.5) is 11.4 Å². The van der Waals surface area contributed by atoms with E-state index in [0.29, 0.717) is 12.3 Å². The van der Waals surface area contributed by atoms with E-state index in [0.717, 1.165) is 36.8 Å². The molecular weight excluding hydrogens is 254 g/mol. The molecule has 0 saturated heterocycles. The van der Waals surface area contributed by atoms with Gasteiger partial charge in [-0.15, -0.1) is 0 Å². The van der Waals surface area contributed by atoms with Gasteiger partial charge >= 0.3 is 0 Å². The lowest BCUT2D eigenvalue weighted by atomic mass is 10.2. The molecule has 0 spiro atoms. The van der Waals surface area contributed by atoms with E-state index in [2.05, 4.69) is 15.3 Å². The second-order valence-corrected chi connectivity index (χ2v) is 4.65. The minimum absolute atomic E-state index is 0.460. The molecule has 0 atom stereocenters. The van der Waals surface area contributed by atoms with E-state index in [1.54, 1.807) is 6.20 Å². The Kier molecular flexibility index (Phi) is 3.54. The van der Waals surface area contributed by atoms with E-state index in [-0.39, 0.29) is 0 Å². The molecule has 0 amide bonds. The highest BCUT2D eigenvalue weighted by Gasteiger charge is 2.13. The largest absolute Gasteiger partial charge is 0.483 e. The number of nitrogens with one attached hydrogen (secondary N) is 1. The third-order valence-electron chi connectivity index (χ3n) is 3.09. The van der Waals surface area contributed by atoms with Gasteiger partial charge in [0.05, 0.1) is 12.0 Å². The smallest absolute Gasteiger partial charge is 0.146 e. The predicted octanol–water partition coefficient (Wildman–Crippen LogP) is 1.76. The van der Waals surface area contributed by atoms with Crippen molar-refractivity contribution in [3.8, 4) is 5.75 Å². The van der Waals surface area contributed by atoms with Crippen LogP contribution < -0.4 is 15.8 Å². The van der Waals surface area contributed by atoms with Gasteiger partial charge in [-0.05, 0) is 18.6 Å². The van der Waals surface area contributed by atoms with E-state index >= 15 is 0 Å². The van der Waals surface area contributed by atoms with Crippen molar-refractivity contribution in [2.45, 2.75) is 13.0 Å². The summed E-state index contributed by atoms with van der Waals surface area (Å²) >= 11 is 0. The number of rotatable bonds is 4. The van der Waals surface area contributed by atoms with Gasteiger partial charge in [0, 0.05) is 37.2 Å². The van der Waals surface area contributed by atoms with Crippen molar-refractivity contribution in [3.05, 3.63) is 36.9 Å². The van der Waals surface area contributed by atoms with Gasteiger partial charge in [-0.2, -0.15) is 0 Å². The summed E-state index contributed by atoms with van der Waals surface area (Å²) in [6.45, 7) is 2.14. The minimum atomic E-state index is 0.460.